The molecule has 0 saturated heterocycles. The number of nitrogens with two attached hydrogens (primary N) is 1. The van der Waals surface area contributed by atoms with Crippen LogP contribution in [0.25, 0.3) is 0 Å². The van der Waals surface area contributed by atoms with Crippen molar-refractivity contribution in [3.05, 3.63) is 0 Å². The molecule has 3 heteroatoms. The molecule has 0 aromatic rings. The number of nitrogens with one attached hydrogen (secondary N) is 1. The van der Waals surface area contributed by atoms with E-state index in [1.807, 2.05) is 13.8 Å². The smallest absolute Gasteiger partial charge is 0.220 e. The number of rotatable bonds is 4. The standard InChI is InChI=1S/C9H18N2O/c1-7(2)5-8(12)11-6-9(10)3-4-9/h7H,3-6,10H2,1-2H3,(H,11,12). The highest BCUT2D eigenvalue weighted by Crippen LogP contribution is 2.30. The molecule has 0 radical (unpaired) electrons. The quantitative estimate of drug-likeness (QED) is 0.650. The predicted octanol–water partition coefficient (Wildman–Crippen LogP) is 0.640. The van der Waals surface area contributed by atoms with Crippen LogP contribution in [0.5, 0.6) is 0 Å². The molecule has 1 amide bonds. The number of carbonyl (C=O) groups excluding carboxylic acids is 1. The van der Waals surface area contributed by atoms with Gasteiger partial charge in [-0.1, -0.05) is 13.8 Å². The largest absolute Gasteiger partial charge is 0.354 e. The lowest BCUT2D eigenvalue weighted by Crippen LogP contribution is -2.39. The van der Waals surface area contributed by atoms with E-state index in [-0.39, 0.29) is 11.4 Å². The molecule has 1 aliphatic carbocycles. The molecule has 1 fully saturated rings. The lowest BCUT2D eigenvalue weighted by atomic mass is 10.1. The molecule has 0 aromatic carbocycles. The third kappa shape index (κ3) is 3.22. The van der Waals surface area contributed by atoms with E-state index in [0.717, 1.165) is 12.8 Å². The fourth-order valence-corrected chi connectivity index (χ4v) is 1.05. The third-order valence-corrected chi connectivity index (χ3v) is 2.12. The fraction of sp³-hybridized carbons (Fsp3) is 0.889. The van der Waals surface area contributed by atoms with Crippen LogP contribution in [0.3, 0.4) is 0 Å². The minimum absolute atomic E-state index is 0.0629. The van der Waals surface area contributed by atoms with Crippen LogP contribution in [0.4, 0.5) is 0 Å². The maximum absolute atomic E-state index is 11.2. The van der Waals surface area contributed by atoms with Crippen molar-refractivity contribution in [3.63, 3.8) is 0 Å². The van der Waals surface area contributed by atoms with E-state index in [1.165, 1.54) is 0 Å². The Morgan fingerprint density at radius 1 is 1.58 bits per heavy atom. The van der Waals surface area contributed by atoms with Gasteiger partial charge in [0.15, 0.2) is 0 Å². The number of carbonyl (C=O) groups is 1. The molecule has 1 saturated carbocycles. The third-order valence-electron chi connectivity index (χ3n) is 2.12. The van der Waals surface area contributed by atoms with Gasteiger partial charge in [-0.25, -0.2) is 0 Å². The van der Waals surface area contributed by atoms with E-state index in [4.69, 9.17) is 5.73 Å². The van der Waals surface area contributed by atoms with Gasteiger partial charge in [0.25, 0.3) is 0 Å². The summed E-state index contributed by atoms with van der Waals surface area (Å²) in [5.74, 6) is 0.555. The van der Waals surface area contributed by atoms with Gasteiger partial charge in [-0.05, 0) is 18.8 Å². The molecule has 0 bridgehead atoms. The van der Waals surface area contributed by atoms with Gasteiger partial charge >= 0.3 is 0 Å². The summed E-state index contributed by atoms with van der Waals surface area (Å²) in [5.41, 5.74) is 5.75. The molecule has 0 heterocycles. The predicted molar refractivity (Wildman–Crippen MR) is 48.6 cm³/mol. The Morgan fingerprint density at radius 2 is 2.17 bits per heavy atom. The summed E-state index contributed by atoms with van der Waals surface area (Å²) in [6, 6.07) is 0. The molecular weight excluding hydrogens is 152 g/mol. The molecular formula is C9H18N2O. The zero-order valence-electron chi connectivity index (χ0n) is 7.89. The molecule has 0 aliphatic heterocycles. The van der Waals surface area contributed by atoms with Crippen molar-refractivity contribution in [2.45, 2.75) is 38.6 Å². The van der Waals surface area contributed by atoms with Crippen molar-refractivity contribution in [2.75, 3.05) is 6.54 Å². The molecule has 3 nitrogen and oxygen atoms in total. The van der Waals surface area contributed by atoms with Gasteiger partial charge in [-0.3, -0.25) is 4.79 Å². The lowest BCUT2D eigenvalue weighted by molar-refractivity contribution is -0.121. The maximum Gasteiger partial charge on any atom is 0.220 e. The molecule has 1 rings (SSSR count). The maximum atomic E-state index is 11.2. The van der Waals surface area contributed by atoms with Gasteiger partial charge in [0, 0.05) is 18.5 Å². The topological polar surface area (TPSA) is 55.1 Å². The monoisotopic (exact) mass is 170 g/mol. The van der Waals surface area contributed by atoms with Gasteiger partial charge in [0.2, 0.25) is 5.91 Å². The highest BCUT2D eigenvalue weighted by molar-refractivity contribution is 5.76. The molecule has 12 heavy (non-hydrogen) atoms. The first-order valence-corrected chi connectivity index (χ1v) is 4.57. The average Bonchev–Trinajstić information content (AvgIpc) is 2.64. The van der Waals surface area contributed by atoms with E-state index < -0.39 is 0 Å². The van der Waals surface area contributed by atoms with Gasteiger partial charge in [0.1, 0.15) is 0 Å². The molecule has 0 unspecified atom stereocenters. The van der Waals surface area contributed by atoms with Crippen molar-refractivity contribution < 1.29 is 4.79 Å². The highest BCUT2D eigenvalue weighted by Gasteiger charge is 2.38. The summed E-state index contributed by atoms with van der Waals surface area (Å²) in [6.45, 7) is 4.72. The Hall–Kier alpha value is -0.570. The summed E-state index contributed by atoms with van der Waals surface area (Å²) in [7, 11) is 0. The van der Waals surface area contributed by atoms with E-state index in [2.05, 4.69) is 5.32 Å². The number of hydrogen-bond acceptors (Lipinski definition) is 2. The molecule has 70 valence electrons. The molecule has 1 aliphatic rings. The second kappa shape index (κ2) is 3.44. The van der Waals surface area contributed by atoms with Crippen molar-refractivity contribution in [1.82, 2.24) is 5.32 Å². The Labute approximate surface area is 73.7 Å². The van der Waals surface area contributed by atoms with Crippen molar-refractivity contribution in [3.8, 4) is 0 Å². The van der Waals surface area contributed by atoms with Crippen LogP contribution in [0.1, 0.15) is 33.1 Å². The van der Waals surface area contributed by atoms with Crippen molar-refractivity contribution in [1.29, 1.82) is 0 Å². The van der Waals surface area contributed by atoms with Crippen LogP contribution in [-0.4, -0.2) is 18.0 Å². The van der Waals surface area contributed by atoms with Gasteiger partial charge in [0.05, 0.1) is 0 Å². The summed E-state index contributed by atoms with van der Waals surface area (Å²) in [6.07, 6.45) is 2.71. The zero-order valence-corrected chi connectivity index (χ0v) is 7.89. The normalized spacial score (nSPS) is 19.3. The molecule has 3 N–H and O–H groups in total. The van der Waals surface area contributed by atoms with E-state index in [9.17, 15) is 4.79 Å². The zero-order chi connectivity index (χ0) is 9.19. The summed E-state index contributed by atoms with van der Waals surface area (Å²) in [5, 5.41) is 2.85. The Balaban J connectivity index is 2.10. The van der Waals surface area contributed by atoms with Crippen LogP contribution < -0.4 is 11.1 Å². The van der Waals surface area contributed by atoms with Crippen LogP contribution >= 0.6 is 0 Å². The van der Waals surface area contributed by atoms with Crippen molar-refractivity contribution >= 4 is 5.91 Å². The summed E-state index contributed by atoms with van der Waals surface area (Å²) in [4.78, 5) is 11.2. The van der Waals surface area contributed by atoms with Crippen LogP contribution in [0.2, 0.25) is 0 Å². The number of hydrogen-bond donors (Lipinski definition) is 2. The summed E-state index contributed by atoms with van der Waals surface area (Å²) < 4.78 is 0. The summed E-state index contributed by atoms with van der Waals surface area (Å²) >= 11 is 0. The minimum atomic E-state index is -0.0629. The van der Waals surface area contributed by atoms with Crippen LogP contribution in [0.15, 0.2) is 0 Å². The van der Waals surface area contributed by atoms with Crippen molar-refractivity contribution in [2.24, 2.45) is 11.7 Å². The second-order valence-electron chi connectivity index (χ2n) is 4.24. The fourth-order valence-electron chi connectivity index (χ4n) is 1.05. The molecule has 0 spiro atoms. The first-order valence-electron chi connectivity index (χ1n) is 4.57. The minimum Gasteiger partial charge on any atom is -0.354 e. The van der Waals surface area contributed by atoms with Crippen LogP contribution in [-0.2, 0) is 4.79 Å². The van der Waals surface area contributed by atoms with E-state index in [0.29, 0.717) is 18.9 Å². The Bertz CT molecular complexity index is 173. The van der Waals surface area contributed by atoms with Gasteiger partial charge in [-0.2, -0.15) is 0 Å². The Morgan fingerprint density at radius 3 is 2.58 bits per heavy atom. The Kier molecular flexibility index (Phi) is 2.73. The highest BCUT2D eigenvalue weighted by atomic mass is 16.1. The number of amides is 1. The van der Waals surface area contributed by atoms with E-state index in [1.54, 1.807) is 0 Å². The second-order valence-corrected chi connectivity index (χ2v) is 4.24. The SMILES string of the molecule is CC(C)CC(=O)NCC1(N)CC1. The molecule has 0 aromatic heterocycles. The average molecular weight is 170 g/mol. The molecule has 0 atom stereocenters. The lowest BCUT2D eigenvalue weighted by Gasteiger charge is -2.11. The first-order chi connectivity index (χ1) is 5.52. The first kappa shape index (κ1) is 9.52. The van der Waals surface area contributed by atoms with Gasteiger partial charge in [-0.15, -0.1) is 0 Å². The van der Waals surface area contributed by atoms with Crippen LogP contribution in [0, 0.1) is 5.92 Å². The van der Waals surface area contributed by atoms with E-state index >= 15 is 0 Å². The van der Waals surface area contributed by atoms with Gasteiger partial charge < -0.3 is 11.1 Å².